The zero-order valence-electron chi connectivity index (χ0n) is 10.6. The molecule has 0 bridgehead atoms. The molecule has 1 aliphatic heterocycles. The Balaban J connectivity index is 2.27. The van der Waals surface area contributed by atoms with Gasteiger partial charge in [0.1, 0.15) is 11.5 Å². The molecule has 2 unspecified atom stereocenters. The minimum atomic E-state index is -0.590. The highest BCUT2D eigenvalue weighted by atomic mass is 32.2. The van der Waals surface area contributed by atoms with Crippen LogP contribution in [0.2, 0.25) is 0 Å². The van der Waals surface area contributed by atoms with E-state index in [-0.39, 0.29) is 11.7 Å². The Kier molecular flexibility index (Phi) is 3.90. The first kappa shape index (κ1) is 13.3. The fourth-order valence-electron chi connectivity index (χ4n) is 1.94. The monoisotopic (exact) mass is 270 g/mol. The van der Waals surface area contributed by atoms with Gasteiger partial charge in [0.15, 0.2) is 11.0 Å². The van der Waals surface area contributed by atoms with Crippen LogP contribution in [0.25, 0.3) is 0 Å². The molecule has 1 aliphatic rings. The van der Waals surface area contributed by atoms with Gasteiger partial charge in [-0.2, -0.15) is 0 Å². The quantitative estimate of drug-likeness (QED) is 0.835. The van der Waals surface area contributed by atoms with Gasteiger partial charge in [0, 0.05) is 5.25 Å². The fourth-order valence-corrected chi connectivity index (χ4v) is 3.10. The average Bonchev–Trinajstić information content (AvgIpc) is 2.28. The molecule has 1 N–H and O–H groups in total. The molecule has 0 spiro atoms. The highest BCUT2D eigenvalue weighted by Crippen LogP contribution is 2.28. The third-order valence-electron chi connectivity index (χ3n) is 2.84. The SMILES string of the molecule is Cc1ccc(F)c(NC2=NC(C)CC(C)S2)c1F. The van der Waals surface area contributed by atoms with Crippen LogP contribution in [0.1, 0.15) is 25.8 Å². The number of hydrogen-bond donors (Lipinski definition) is 1. The van der Waals surface area contributed by atoms with Crippen LogP contribution in [0.15, 0.2) is 17.1 Å². The highest BCUT2D eigenvalue weighted by molar-refractivity contribution is 8.14. The maximum Gasteiger partial charge on any atom is 0.161 e. The topological polar surface area (TPSA) is 24.4 Å². The molecule has 0 aromatic heterocycles. The number of nitrogens with one attached hydrogen (secondary N) is 1. The molecule has 0 amide bonds. The third kappa shape index (κ3) is 2.83. The Labute approximate surface area is 110 Å². The first-order valence-electron chi connectivity index (χ1n) is 5.93. The molecule has 0 saturated heterocycles. The van der Waals surface area contributed by atoms with Crippen molar-refractivity contribution < 1.29 is 8.78 Å². The fraction of sp³-hybridized carbons (Fsp3) is 0.462. The van der Waals surface area contributed by atoms with Gasteiger partial charge in [0.25, 0.3) is 0 Å². The van der Waals surface area contributed by atoms with Crippen LogP contribution >= 0.6 is 11.8 Å². The Morgan fingerprint density at radius 3 is 2.72 bits per heavy atom. The summed E-state index contributed by atoms with van der Waals surface area (Å²) in [5.41, 5.74) is 0.309. The Morgan fingerprint density at radius 2 is 2.06 bits per heavy atom. The zero-order valence-corrected chi connectivity index (χ0v) is 11.4. The summed E-state index contributed by atoms with van der Waals surface area (Å²) in [5, 5.41) is 3.77. The molecule has 2 nitrogen and oxygen atoms in total. The van der Waals surface area contributed by atoms with Crippen molar-refractivity contribution in [2.24, 2.45) is 4.99 Å². The van der Waals surface area contributed by atoms with Crippen molar-refractivity contribution in [2.75, 3.05) is 5.32 Å². The molecule has 0 saturated carbocycles. The van der Waals surface area contributed by atoms with E-state index in [0.29, 0.717) is 16.0 Å². The predicted molar refractivity (Wildman–Crippen MR) is 73.3 cm³/mol. The van der Waals surface area contributed by atoms with Gasteiger partial charge in [0.2, 0.25) is 0 Å². The molecule has 0 aliphatic carbocycles. The standard InChI is InChI=1S/C13H16F2N2S/c1-7-4-5-10(14)12(11(7)15)17-13-16-8(2)6-9(3)18-13/h4-5,8-9H,6H2,1-3H3,(H,16,17). The van der Waals surface area contributed by atoms with Gasteiger partial charge >= 0.3 is 0 Å². The number of amidine groups is 1. The number of aryl methyl sites for hydroxylation is 1. The van der Waals surface area contributed by atoms with E-state index in [1.165, 1.54) is 23.9 Å². The Bertz CT molecular complexity index is 488. The molecule has 98 valence electrons. The second-order valence-corrected chi connectivity index (χ2v) is 6.05. The van der Waals surface area contributed by atoms with E-state index in [1.807, 2.05) is 6.92 Å². The number of anilines is 1. The maximum absolute atomic E-state index is 13.8. The van der Waals surface area contributed by atoms with Gasteiger partial charge in [-0.25, -0.2) is 8.78 Å². The van der Waals surface area contributed by atoms with Crippen molar-refractivity contribution >= 4 is 22.6 Å². The van der Waals surface area contributed by atoms with Crippen LogP contribution in [0.3, 0.4) is 0 Å². The van der Waals surface area contributed by atoms with Gasteiger partial charge in [0.05, 0.1) is 6.04 Å². The van der Waals surface area contributed by atoms with E-state index < -0.39 is 11.6 Å². The maximum atomic E-state index is 13.8. The van der Waals surface area contributed by atoms with E-state index in [4.69, 9.17) is 0 Å². The van der Waals surface area contributed by atoms with Crippen molar-refractivity contribution in [3.05, 3.63) is 29.3 Å². The van der Waals surface area contributed by atoms with Crippen molar-refractivity contribution in [3.8, 4) is 0 Å². The molecule has 1 heterocycles. The third-order valence-corrected chi connectivity index (χ3v) is 3.87. The number of halogens is 2. The minimum absolute atomic E-state index is 0.109. The summed E-state index contributed by atoms with van der Waals surface area (Å²) in [6.45, 7) is 5.70. The van der Waals surface area contributed by atoms with Crippen LogP contribution in [0.4, 0.5) is 14.5 Å². The van der Waals surface area contributed by atoms with Crippen molar-refractivity contribution in [2.45, 2.75) is 38.5 Å². The van der Waals surface area contributed by atoms with Crippen LogP contribution in [-0.4, -0.2) is 16.5 Å². The lowest BCUT2D eigenvalue weighted by Gasteiger charge is -2.23. The molecule has 18 heavy (non-hydrogen) atoms. The molecule has 1 aromatic carbocycles. The van der Waals surface area contributed by atoms with Gasteiger partial charge in [-0.15, -0.1) is 0 Å². The number of aliphatic imine (C=N–C) groups is 1. The summed E-state index contributed by atoms with van der Waals surface area (Å²) >= 11 is 1.51. The van der Waals surface area contributed by atoms with E-state index in [1.54, 1.807) is 6.92 Å². The summed E-state index contributed by atoms with van der Waals surface area (Å²) in [6.07, 6.45) is 0.981. The van der Waals surface area contributed by atoms with Crippen LogP contribution in [0.5, 0.6) is 0 Å². The molecule has 2 atom stereocenters. The predicted octanol–water partition coefficient (Wildman–Crippen LogP) is 3.96. The highest BCUT2D eigenvalue weighted by Gasteiger charge is 2.21. The van der Waals surface area contributed by atoms with Crippen LogP contribution in [-0.2, 0) is 0 Å². The van der Waals surface area contributed by atoms with Gasteiger partial charge in [-0.3, -0.25) is 4.99 Å². The van der Waals surface area contributed by atoms with Crippen molar-refractivity contribution in [3.63, 3.8) is 0 Å². The number of benzene rings is 1. The lowest BCUT2D eigenvalue weighted by Crippen LogP contribution is -2.23. The second-order valence-electron chi connectivity index (χ2n) is 4.63. The molecule has 1 aromatic rings. The van der Waals surface area contributed by atoms with Crippen LogP contribution < -0.4 is 5.32 Å². The van der Waals surface area contributed by atoms with Crippen LogP contribution in [0, 0.1) is 18.6 Å². The lowest BCUT2D eigenvalue weighted by atomic mass is 10.2. The molecule has 0 radical (unpaired) electrons. The van der Waals surface area contributed by atoms with Gasteiger partial charge < -0.3 is 5.32 Å². The molecular weight excluding hydrogens is 254 g/mol. The second kappa shape index (κ2) is 5.26. The Hall–Kier alpha value is -1.10. The van der Waals surface area contributed by atoms with E-state index in [0.717, 1.165) is 6.42 Å². The molecule has 5 heteroatoms. The molecule has 0 fully saturated rings. The zero-order chi connectivity index (χ0) is 13.3. The van der Waals surface area contributed by atoms with Gasteiger partial charge in [-0.1, -0.05) is 24.8 Å². The smallest absolute Gasteiger partial charge is 0.161 e. The normalized spacial score (nSPS) is 23.7. The Morgan fingerprint density at radius 1 is 1.33 bits per heavy atom. The molecule has 2 rings (SSSR count). The largest absolute Gasteiger partial charge is 0.330 e. The summed E-state index contributed by atoms with van der Waals surface area (Å²) in [5.74, 6) is -1.14. The van der Waals surface area contributed by atoms with Gasteiger partial charge in [-0.05, 0) is 31.9 Å². The minimum Gasteiger partial charge on any atom is -0.330 e. The van der Waals surface area contributed by atoms with E-state index in [9.17, 15) is 8.78 Å². The summed E-state index contributed by atoms with van der Waals surface area (Å²) in [6, 6.07) is 2.87. The number of rotatable bonds is 1. The van der Waals surface area contributed by atoms with E-state index >= 15 is 0 Å². The molecular formula is C13H16F2N2S. The summed E-state index contributed by atoms with van der Waals surface area (Å²) in [7, 11) is 0. The number of nitrogens with zero attached hydrogens (tertiary/aromatic N) is 1. The summed E-state index contributed by atoms with van der Waals surface area (Å²) < 4.78 is 27.5. The van der Waals surface area contributed by atoms with Crippen molar-refractivity contribution in [1.82, 2.24) is 0 Å². The van der Waals surface area contributed by atoms with E-state index in [2.05, 4.69) is 17.2 Å². The average molecular weight is 270 g/mol. The van der Waals surface area contributed by atoms with Crippen molar-refractivity contribution in [1.29, 1.82) is 0 Å². The first-order valence-corrected chi connectivity index (χ1v) is 6.81. The lowest BCUT2D eigenvalue weighted by molar-refractivity contribution is 0.585. The first-order chi connectivity index (χ1) is 8.47. The number of hydrogen-bond acceptors (Lipinski definition) is 3. The number of thioether (sulfide) groups is 1. The summed E-state index contributed by atoms with van der Waals surface area (Å²) in [4.78, 5) is 4.37.